The van der Waals surface area contributed by atoms with E-state index < -0.39 is 23.4 Å². The van der Waals surface area contributed by atoms with Gasteiger partial charge in [-0.3, -0.25) is 0 Å². The van der Waals surface area contributed by atoms with Gasteiger partial charge in [-0.05, 0) is 23.8 Å². The number of carboxylic acids is 1. The summed E-state index contributed by atoms with van der Waals surface area (Å²) in [6.07, 6.45) is 0. The van der Waals surface area contributed by atoms with Crippen LogP contribution in [0.4, 0.5) is 13.2 Å². The molecule has 7 heteroatoms. The van der Waals surface area contributed by atoms with Crippen LogP contribution in [0.15, 0.2) is 30.3 Å². The molecule has 0 aliphatic carbocycles. The van der Waals surface area contributed by atoms with Crippen LogP contribution in [0.25, 0.3) is 11.1 Å². The Bertz CT molecular complexity index is 732. The van der Waals surface area contributed by atoms with Crippen molar-refractivity contribution in [1.29, 1.82) is 0 Å². The quantitative estimate of drug-likeness (QED) is 0.652. The molecule has 0 heterocycles. The second-order valence-corrected chi connectivity index (χ2v) is 4.60. The number of hydrogen-bond acceptors (Lipinski definition) is 3. The van der Waals surface area contributed by atoms with Crippen LogP contribution in [0.5, 0.6) is 5.75 Å². The Kier molecular flexibility index (Phi) is 5.23. The van der Waals surface area contributed by atoms with Gasteiger partial charge in [0.05, 0.1) is 6.61 Å². The fourth-order valence-electron chi connectivity index (χ4n) is 1.97. The standard InChI is InChI=1S/C16H13F3O4/c1-22-4-5-23-15-3-2-9(6-11(15)16(20)21)10-7-13(18)14(19)8-12(10)17/h2-3,6-8H,4-5H2,1H3,(H,20,21). The van der Waals surface area contributed by atoms with Crippen LogP contribution in [0.1, 0.15) is 10.4 Å². The number of rotatable bonds is 6. The molecule has 0 saturated heterocycles. The summed E-state index contributed by atoms with van der Waals surface area (Å²) in [5.41, 5.74) is -0.365. The minimum atomic E-state index is -1.32. The zero-order chi connectivity index (χ0) is 17.0. The number of aromatic carboxylic acids is 1. The number of ether oxygens (including phenoxy) is 2. The predicted molar refractivity (Wildman–Crippen MR) is 76.1 cm³/mol. The number of benzene rings is 2. The lowest BCUT2D eigenvalue weighted by atomic mass is 10.0. The molecule has 0 aromatic heterocycles. The lowest BCUT2D eigenvalue weighted by molar-refractivity contribution is 0.0689. The molecule has 0 atom stereocenters. The first-order valence-electron chi connectivity index (χ1n) is 6.58. The molecule has 2 aromatic rings. The average Bonchev–Trinajstić information content (AvgIpc) is 2.51. The van der Waals surface area contributed by atoms with Crippen molar-refractivity contribution in [2.24, 2.45) is 0 Å². The molecule has 1 N–H and O–H groups in total. The summed E-state index contributed by atoms with van der Waals surface area (Å²) in [6.45, 7) is 0.397. The van der Waals surface area contributed by atoms with E-state index in [0.29, 0.717) is 12.1 Å². The summed E-state index contributed by atoms with van der Waals surface area (Å²) >= 11 is 0. The number of hydrogen-bond donors (Lipinski definition) is 1. The Hall–Kier alpha value is -2.54. The molecule has 0 bridgehead atoms. The van der Waals surface area contributed by atoms with E-state index in [4.69, 9.17) is 9.47 Å². The Labute approximate surface area is 130 Å². The van der Waals surface area contributed by atoms with Gasteiger partial charge in [-0.25, -0.2) is 18.0 Å². The lowest BCUT2D eigenvalue weighted by Crippen LogP contribution is -2.08. The van der Waals surface area contributed by atoms with Crippen LogP contribution in [0.3, 0.4) is 0 Å². The SMILES string of the molecule is COCCOc1ccc(-c2cc(F)c(F)cc2F)cc1C(=O)O. The van der Waals surface area contributed by atoms with Crippen LogP contribution in [0, 0.1) is 17.5 Å². The number of halogens is 3. The largest absolute Gasteiger partial charge is 0.490 e. The van der Waals surface area contributed by atoms with Gasteiger partial charge in [-0.15, -0.1) is 0 Å². The Balaban J connectivity index is 2.43. The molecule has 122 valence electrons. The zero-order valence-corrected chi connectivity index (χ0v) is 12.1. The van der Waals surface area contributed by atoms with Crippen molar-refractivity contribution < 1.29 is 32.5 Å². The van der Waals surface area contributed by atoms with Crippen LogP contribution < -0.4 is 4.74 Å². The highest BCUT2D eigenvalue weighted by atomic mass is 19.2. The molecule has 0 aliphatic heterocycles. The van der Waals surface area contributed by atoms with E-state index in [1.807, 2.05) is 0 Å². The molecule has 23 heavy (non-hydrogen) atoms. The first kappa shape index (κ1) is 16.8. The normalized spacial score (nSPS) is 10.6. The van der Waals surface area contributed by atoms with Gasteiger partial charge in [0.1, 0.15) is 23.7 Å². The minimum absolute atomic E-state index is 0.0706. The second-order valence-electron chi connectivity index (χ2n) is 4.60. The van der Waals surface area contributed by atoms with E-state index in [1.165, 1.54) is 19.2 Å². The van der Waals surface area contributed by atoms with Gasteiger partial charge < -0.3 is 14.6 Å². The van der Waals surface area contributed by atoms with Crippen molar-refractivity contribution in [3.63, 3.8) is 0 Å². The molecule has 2 rings (SSSR count). The van der Waals surface area contributed by atoms with Gasteiger partial charge in [0.2, 0.25) is 0 Å². The third kappa shape index (κ3) is 3.81. The van der Waals surface area contributed by atoms with Crippen molar-refractivity contribution in [3.8, 4) is 16.9 Å². The average molecular weight is 326 g/mol. The summed E-state index contributed by atoms with van der Waals surface area (Å²) in [5.74, 6) is -4.75. The highest BCUT2D eigenvalue weighted by Gasteiger charge is 2.16. The molecule has 0 radical (unpaired) electrons. The summed E-state index contributed by atoms with van der Waals surface area (Å²) in [7, 11) is 1.47. The summed E-state index contributed by atoms with van der Waals surface area (Å²) in [5, 5.41) is 9.22. The first-order chi connectivity index (χ1) is 10.9. The Morgan fingerprint density at radius 3 is 2.39 bits per heavy atom. The third-order valence-electron chi connectivity index (χ3n) is 3.08. The molecule has 2 aromatic carbocycles. The fraction of sp³-hybridized carbons (Fsp3) is 0.188. The van der Waals surface area contributed by atoms with E-state index >= 15 is 0 Å². The molecule has 0 spiro atoms. The van der Waals surface area contributed by atoms with Crippen LogP contribution >= 0.6 is 0 Å². The van der Waals surface area contributed by atoms with E-state index in [2.05, 4.69) is 0 Å². The maximum atomic E-state index is 13.8. The lowest BCUT2D eigenvalue weighted by Gasteiger charge is -2.11. The number of carbonyl (C=O) groups is 1. The highest BCUT2D eigenvalue weighted by Crippen LogP contribution is 2.30. The molecular weight excluding hydrogens is 313 g/mol. The van der Waals surface area contributed by atoms with Crippen LogP contribution in [0.2, 0.25) is 0 Å². The second kappa shape index (κ2) is 7.15. The number of methoxy groups -OCH3 is 1. The smallest absolute Gasteiger partial charge is 0.339 e. The summed E-state index contributed by atoms with van der Waals surface area (Å²) in [4.78, 5) is 11.3. The van der Waals surface area contributed by atoms with E-state index in [0.717, 1.165) is 6.07 Å². The highest BCUT2D eigenvalue weighted by molar-refractivity contribution is 5.92. The molecule has 0 unspecified atom stereocenters. The summed E-state index contributed by atoms with van der Waals surface area (Å²) in [6, 6.07) is 4.92. The topological polar surface area (TPSA) is 55.8 Å². The predicted octanol–water partition coefficient (Wildman–Crippen LogP) is 3.49. The molecule has 0 fully saturated rings. The molecule has 0 aliphatic rings. The molecule has 4 nitrogen and oxygen atoms in total. The molecule has 0 amide bonds. The monoisotopic (exact) mass is 326 g/mol. The fourth-order valence-corrected chi connectivity index (χ4v) is 1.97. The van der Waals surface area contributed by atoms with E-state index in [1.54, 1.807) is 0 Å². The van der Waals surface area contributed by atoms with Crippen molar-refractivity contribution in [1.82, 2.24) is 0 Å². The van der Waals surface area contributed by atoms with Gasteiger partial charge >= 0.3 is 5.97 Å². The maximum Gasteiger partial charge on any atom is 0.339 e. The maximum absolute atomic E-state index is 13.8. The number of carboxylic acid groups (broad SMARTS) is 1. The Morgan fingerprint density at radius 1 is 1.04 bits per heavy atom. The summed E-state index contributed by atoms with van der Waals surface area (Å²) < 4.78 is 50.1. The molecular formula is C16H13F3O4. The van der Waals surface area contributed by atoms with Gasteiger partial charge in [-0.2, -0.15) is 0 Å². The van der Waals surface area contributed by atoms with Crippen molar-refractivity contribution in [3.05, 3.63) is 53.3 Å². The van der Waals surface area contributed by atoms with Gasteiger partial charge in [0.25, 0.3) is 0 Å². The van der Waals surface area contributed by atoms with Crippen molar-refractivity contribution in [2.45, 2.75) is 0 Å². The van der Waals surface area contributed by atoms with Crippen molar-refractivity contribution >= 4 is 5.97 Å². The first-order valence-corrected chi connectivity index (χ1v) is 6.58. The third-order valence-corrected chi connectivity index (χ3v) is 3.08. The molecule has 0 saturated carbocycles. The Morgan fingerprint density at radius 2 is 1.74 bits per heavy atom. The van der Waals surface area contributed by atoms with Gasteiger partial charge in [-0.1, -0.05) is 6.07 Å². The van der Waals surface area contributed by atoms with E-state index in [9.17, 15) is 23.1 Å². The zero-order valence-electron chi connectivity index (χ0n) is 12.1. The van der Waals surface area contributed by atoms with Gasteiger partial charge in [0.15, 0.2) is 11.6 Å². The van der Waals surface area contributed by atoms with Gasteiger partial charge in [0, 0.05) is 18.7 Å². The van der Waals surface area contributed by atoms with Crippen molar-refractivity contribution in [2.75, 3.05) is 20.3 Å². The van der Waals surface area contributed by atoms with Crippen LogP contribution in [-0.4, -0.2) is 31.4 Å². The van der Waals surface area contributed by atoms with Crippen LogP contribution in [-0.2, 0) is 4.74 Å². The minimum Gasteiger partial charge on any atom is -0.490 e. The van der Waals surface area contributed by atoms with E-state index in [-0.39, 0.29) is 35.7 Å².